The minimum atomic E-state index is -4.53. The Kier molecular flexibility index (Phi) is 3.42. The number of hydrogen-bond donors (Lipinski definition) is 1. The Morgan fingerprint density at radius 3 is 2.26 bits per heavy atom. The lowest BCUT2D eigenvalue weighted by molar-refractivity contribution is -0.141. The van der Waals surface area contributed by atoms with Crippen LogP contribution in [0.3, 0.4) is 0 Å². The number of aryl methyl sites for hydroxylation is 1. The van der Waals surface area contributed by atoms with Gasteiger partial charge in [0.05, 0.1) is 5.69 Å². The molecule has 0 aliphatic carbocycles. The number of aromatic nitrogens is 2. The molecule has 100 valence electrons. The van der Waals surface area contributed by atoms with Crippen LogP contribution in [0.4, 0.5) is 19.1 Å². The van der Waals surface area contributed by atoms with E-state index in [2.05, 4.69) is 9.97 Å². The lowest BCUT2D eigenvalue weighted by Gasteiger charge is -2.09. The third kappa shape index (κ3) is 3.01. The third-order valence-corrected chi connectivity index (χ3v) is 2.69. The van der Waals surface area contributed by atoms with Crippen LogP contribution in [0.1, 0.15) is 18.2 Å². The van der Waals surface area contributed by atoms with Crippen molar-refractivity contribution in [1.82, 2.24) is 9.97 Å². The van der Waals surface area contributed by atoms with Crippen LogP contribution in [0, 0.1) is 0 Å². The highest BCUT2D eigenvalue weighted by molar-refractivity contribution is 5.61. The Balaban J connectivity index is 2.46. The molecule has 19 heavy (non-hydrogen) atoms. The second-order valence-electron chi connectivity index (χ2n) is 4.04. The first-order valence-electron chi connectivity index (χ1n) is 5.71. The maximum absolute atomic E-state index is 12.6. The Morgan fingerprint density at radius 1 is 1.11 bits per heavy atom. The number of benzene rings is 1. The number of halogens is 3. The summed E-state index contributed by atoms with van der Waals surface area (Å²) in [7, 11) is 0. The highest BCUT2D eigenvalue weighted by Crippen LogP contribution is 2.30. The van der Waals surface area contributed by atoms with Crippen molar-refractivity contribution in [3.8, 4) is 11.3 Å². The molecule has 1 aromatic heterocycles. The molecule has 0 unspecified atom stereocenters. The summed E-state index contributed by atoms with van der Waals surface area (Å²) in [6.07, 6.45) is -3.67. The molecule has 2 N–H and O–H groups in total. The maximum Gasteiger partial charge on any atom is 0.433 e. The van der Waals surface area contributed by atoms with Crippen molar-refractivity contribution >= 4 is 5.95 Å². The molecule has 6 heteroatoms. The zero-order valence-electron chi connectivity index (χ0n) is 10.2. The van der Waals surface area contributed by atoms with E-state index in [1.54, 1.807) is 12.1 Å². The van der Waals surface area contributed by atoms with Crippen LogP contribution < -0.4 is 5.73 Å². The van der Waals surface area contributed by atoms with Crippen molar-refractivity contribution in [3.05, 3.63) is 41.6 Å². The summed E-state index contributed by atoms with van der Waals surface area (Å²) < 4.78 is 37.9. The van der Waals surface area contributed by atoms with Crippen LogP contribution >= 0.6 is 0 Å². The summed E-state index contributed by atoms with van der Waals surface area (Å²) in [6.45, 7) is 2.00. The molecule has 2 rings (SSSR count). The van der Waals surface area contributed by atoms with Gasteiger partial charge in [-0.1, -0.05) is 31.2 Å². The minimum absolute atomic E-state index is 0.169. The van der Waals surface area contributed by atoms with Crippen LogP contribution in [-0.4, -0.2) is 9.97 Å². The molecule has 1 heterocycles. The summed E-state index contributed by atoms with van der Waals surface area (Å²) in [5.41, 5.74) is 6.14. The van der Waals surface area contributed by atoms with Crippen molar-refractivity contribution in [2.45, 2.75) is 19.5 Å². The van der Waals surface area contributed by atoms with Gasteiger partial charge in [-0.05, 0) is 18.1 Å². The van der Waals surface area contributed by atoms with E-state index in [1.807, 2.05) is 19.1 Å². The van der Waals surface area contributed by atoms with E-state index in [1.165, 1.54) is 0 Å². The summed E-state index contributed by atoms with van der Waals surface area (Å²) >= 11 is 0. The summed E-state index contributed by atoms with van der Waals surface area (Å²) in [5.74, 6) is -0.385. The quantitative estimate of drug-likeness (QED) is 0.908. The fraction of sp³-hybridized carbons (Fsp3) is 0.231. The Bertz CT molecular complexity index is 577. The standard InChI is InChI=1S/C13H12F3N3/c1-2-8-3-5-9(6-4-8)10-7-11(13(14,15)16)19-12(17)18-10/h3-7H,2H2,1H3,(H2,17,18,19). The molecule has 0 aliphatic rings. The Labute approximate surface area is 108 Å². The summed E-state index contributed by atoms with van der Waals surface area (Å²) in [4.78, 5) is 7.05. The largest absolute Gasteiger partial charge is 0.433 e. The fourth-order valence-electron chi connectivity index (χ4n) is 1.67. The first kappa shape index (κ1) is 13.3. The number of anilines is 1. The number of rotatable bonds is 2. The number of hydrogen-bond acceptors (Lipinski definition) is 3. The van der Waals surface area contributed by atoms with Gasteiger partial charge in [-0.25, -0.2) is 9.97 Å². The highest BCUT2D eigenvalue weighted by Gasteiger charge is 2.33. The van der Waals surface area contributed by atoms with Crippen molar-refractivity contribution in [2.24, 2.45) is 0 Å². The van der Waals surface area contributed by atoms with Crippen LogP contribution in [0.2, 0.25) is 0 Å². The second-order valence-corrected chi connectivity index (χ2v) is 4.04. The SMILES string of the molecule is CCc1ccc(-c2cc(C(F)(F)F)nc(N)n2)cc1. The van der Waals surface area contributed by atoms with Gasteiger partial charge in [0.15, 0.2) is 5.69 Å². The molecule has 0 aliphatic heterocycles. The molecule has 0 saturated heterocycles. The van der Waals surface area contributed by atoms with Crippen LogP contribution in [-0.2, 0) is 12.6 Å². The highest BCUT2D eigenvalue weighted by atomic mass is 19.4. The zero-order valence-corrected chi connectivity index (χ0v) is 10.2. The van der Waals surface area contributed by atoms with E-state index in [-0.39, 0.29) is 11.6 Å². The number of nitrogens with zero attached hydrogens (tertiary/aromatic N) is 2. The van der Waals surface area contributed by atoms with E-state index in [9.17, 15) is 13.2 Å². The monoisotopic (exact) mass is 267 g/mol. The predicted molar refractivity (Wildman–Crippen MR) is 66.3 cm³/mol. The number of nitrogen functional groups attached to an aromatic ring is 1. The van der Waals surface area contributed by atoms with Crippen LogP contribution in [0.5, 0.6) is 0 Å². The summed E-state index contributed by atoms with van der Waals surface area (Å²) in [6, 6.07) is 8.04. The van der Waals surface area contributed by atoms with Gasteiger partial charge in [0.25, 0.3) is 0 Å². The number of nitrogens with two attached hydrogens (primary N) is 1. The lowest BCUT2D eigenvalue weighted by Crippen LogP contribution is -2.11. The van der Waals surface area contributed by atoms with Gasteiger partial charge < -0.3 is 5.73 Å². The first-order chi connectivity index (χ1) is 8.90. The van der Waals surface area contributed by atoms with Crippen molar-refractivity contribution in [3.63, 3.8) is 0 Å². The molecule has 0 fully saturated rings. The van der Waals surface area contributed by atoms with E-state index < -0.39 is 11.9 Å². The Morgan fingerprint density at radius 2 is 1.74 bits per heavy atom. The molecule has 0 amide bonds. The average Bonchev–Trinajstić information content (AvgIpc) is 2.37. The third-order valence-electron chi connectivity index (χ3n) is 2.69. The van der Waals surface area contributed by atoms with Gasteiger partial charge in [-0.3, -0.25) is 0 Å². The van der Waals surface area contributed by atoms with Gasteiger partial charge in [0, 0.05) is 5.56 Å². The van der Waals surface area contributed by atoms with Gasteiger partial charge >= 0.3 is 6.18 Å². The molecule has 1 aromatic carbocycles. The van der Waals surface area contributed by atoms with E-state index in [0.717, 1.165) is 18.1 Å². The lowest BCUT2D eigenvalue weighted by atomic mass is 10.1. The van der Waals surface area contributed by atoms with Crippen LogP contribution in [0.25, 0.3) is 11.3 Å². The fourth-order valence-corrected chi connectivity index (χ4v) is 1.67. The van der Waals surface area contributed by atoms with E-state index in [0.29, 0.717) is 5.56 Å². The first-order valence-corrected chi connectivity index (χ1v) is 5.71. The van der Waals surface area contributed by atoms with E-state index >= 15 is 0 Å². The van der Waals surface area contributed by atoms with Crippen molar-refractivity contribution < 1.29 is 13.2 Å². The Hall–Kier alpha value is -2.11. The van der Waals surface area contributed by atoms with Crippen LogP contribution in [0.15, 0.2) is 30.3 Å². The molecular formula is C13H12F3N3. The smallest absolute Gasteiger partial charge is 0.368 e. The normalized spacial score (nSPS) is 11.6. The molecule has 0 atom stereocenters. The van der Waals surface area contributed by atoms with E-state index in [4.69, 9.17) is 5.73 Å². The molecule has 0 saturated carbocycles. The zero-order chi connectivity index (χ0) is 14.0. The predicted octanol–water partition coefficient (Wildman–Crippen LogP) is 3.31. The molecule has 0 spiro atoms. The molecule has 3 nitrogen and oxygen atoms in total. The molecule has 0 bridgehead atoms. The number of alkyl halides is 3. The average molecular weight is 267 g/mol. The maximum atomic E-state index is 12.6. The molecule has 0 radical (unpaired) electrons. The summed E-state index contributed by atoms with van der Waals surface area (Å²) in [5, 5.41) is 0. The van der Waals surface area contributed by atoms with Crippen molar-refractivity contribution in [1.29, 1.82) is 0 Å². The van der Waals surface area contributed by atoms with Crippen molar-refractivity contribution in [2.75, 3.05) is 5.73 Å². The van der Waals surface area contributed by atoms with Gasteiger partial charge in [-0.15, -0.1) is 0 Å². The van der Waals surface area contributed by atoms with Gasteiger partial charge in [0.1, 0.15) is 0 Å². The molecular weight excluding hydrogens is 255 g/mol. The van der Waals surface area contributed by atoms with Gasteiger partial charge in [-0.2, -0.15) is 13.2 Å². The topological polar surface area (TPSA) is 51.8 Å². The van der Waals surface area contributed by atoms with Gasteiger partial charge in [0.2, 0.25) is 5.95 Å². The minimum Gasteiger partial charge on any atom is -0.368 e. The second kappa shape index (κ2) is 4.87. The molecule has 2 aromatic rings.